The molecule has 1 aromatic heterocycles. The molecule has 1 saturated carbocycles. The maximum Gasteiger partial charge on any atom is 0.202 e. The lowest BCUT2D eigenvalue weighted by atomic mass is 9.86. The number of nitrogens with two attached hydrogens (primary N) is 1. The number of nitrogens with one attached hydrogen (secondary N) is 1. The van der Waals surface area contributed by atoms with Gasteiger partial charge >= 0.3 is 0 Å². The van der Waals surface area contributed by atoms with E-state index in [4.69, 9.17) is 5.73 Å². The van der Waals surface area contributed by atoms with Crippen LogP contribution in [-0.4, -0.2) is 22.6 Å². The lowest BCUT2D eigenvalue weighted by Gasteiger charge is -2.27. The first kappa shape index (κ1) is 10.5. The van der Waals surface area contributed by atoms with Gasteiger partial charge in [0.25, 0.3) is 0 Å². The summed E-state index contributed by atoms with van der Waals surface area (Å²) in [5.41, 5.74) is 6.19. The van der Waals surface area contributed by atoms with Gasteiger partial charge in [-0.05, 0) is 24.8 Å². The van der Waals surface area contributed by atoms with Gasteiger partial charge in [-0.2, -0.15) is 0 Å². The van der Waals surface area contributed by atoms with E-state index in [1.54, 1.807) is 0 Å². The number of aryl methyl sites for hydroxylation is 1. The van der Waals surface area contributed by atoms with E-state index in [1.165, 1.54) is 25.7 Å². The molecule has 1 aliphatic carbocycles. The molecule has 4 heteroatoms. The Labute approximate surface area is 90.9 Å². The fourth-order valence-electron chi connectivity index (χ4n) is 2.38. The molecule has 0 aromatic carbocycles. The fraction of sp³-hybridized carbons (Fsp3) is 0.727. The molecular weight excluding hydrogens is 188 g/mol. The van der Waals surface area contributed by atoms with Crippen LogP contribution in [0.4, 0.5) is 5.95 Å². The third-order valence-corrected chi connectivity index (χ3v) is 3.54. The van der Waals surface area contributed by atoms with Gasteiger partial charge in [-0.3, -0.25) is 0 Å². The summed E-state index contributed by atoms with van der Waals surface area (Å²) >= 11 is 0. The molecule has 0 radical (unpaired) electrons. The van der Waals surface area contributed by atoms with E-state index in [9.17, 15) is 0 Å². The molecule has 1 aliphatic rings. The predicted molar refractivity (Wildman–Crippen MR) is 61.7 cm³/mol. The Morgan fingerprint density at radius 3 is 2.80 bits per heavy atom. The average Bonchev–Trinajstić information content (AvgIpc) is 2.85. The van der Waals surface area contributed by atoms with E-state index in [-0.39, 0.29) is 0 Å². The highest BCUT2D eigenvalue weighted by molar-refractivity contribution is 5.26. The fourth-order valence-corrected chi connectivity index (χ4v) is 2.38. The van der Waals surface area contributed by atoms with Crippen LogP contribution in [-0.2, 0) is 7.05 Å². The molecule has 15 heavy (non-hydrogen) atoms. The summed E-state index contributed by atoms with van der Waals surface area (Å²) in [5.74, 6) is 0.940. The van der Waals surface area contributed by atoms with Crippen LogP contribution >= 0.6 is 0 Å². The molecule has 0 spiro atoms. The molecule has 2 rings (SSSR count). The minimum atomic E-state index is 0.311. The summed E-state index contributed by atoms with van der Waals surface area (Å²) in [6.07, 6.45) is 8.90. The van der Waals surface area contributed by atoms with Crippen molar-refractivity contribution in [1.82, 2.24) is 9.55 Å². The van der Waals surface area contributed by atoms with E-state index in [2.05, 4.69) is 10.3 Å². The lowest BCUT2D eigenvalue weighted by molar-refractivity contribution is 0.331. The standard InChI is InChI=1S/C11H20N4/c1-15-7-6-13-10(15)14-9-11(8-12)4-2-3-5-11/h6-7H,2-5,8-9,12H2,1H3,(H,13,14). The van der Waals surface area contributed by atoms with E-state index >= 15 is 0 Å². The van der Waals surface area contributed by atoms with Crippen molar-refractivity contribution in [3.05, 3.63) is 12.4 Å². The number of rotatable bonds is 4. The largest absolute Gasteiger partial charge is 0.355 e. The van der Waals surface area contributed by atoms with Crippen molar-refractivity contribution < 1.29 is 0 Å². The number of hydrogen-bond acceptors (Lipinski definition) is 3. The number of imidazole rings is 1. The van der Waals surface area contributed by atoms with Gasteiger partial charge in [-0.15, -0.1) is 0 Å². The molecule has 1 aromatic rings. The van der Waals surface area contributed by atoms with Gasteiger partial charge in [0, 0.05) is 26.0 Å². The maximum absolute atomic E-state index is 5.88. The zero-order chi connectivity index (χ0) is 10.7. The van der Waals surface area contributed by atoms with Gasteiger partial charge in [0.2, 0.25) is 5.95 Å². The number of hydrogen-bond donors (Lipinski definition) is 2. The van der Waals surface area contributed by atoms with Crippen molar-refractivity contribution in [2.24, 2.45) is 18.2 Å². The van der Waals surface area contributed by atoms with E-state index in [0.29, 0.717) is 5.41 Å². The van der Waals surface area contributed by atoms with E-state index < -0.39 is 0 Å². The Bertz CT molecular complexity index is 312. The minimum absolute atomic E-state index is 0.311. The topological polar surface area (TPSA) is 55.9 Å². The van der Waals surface area contributed by atoms with Crippen LogP contribution in [0.25, 0.3) is 0 Å². The van der Waals surface area contributed by atoms with Gasteiger partial charge in [0.15, 0.2) is 0 Å². The van der Waals surface area contributed by atoms with Crippen molar-refractivity contribution in [1.29, 1.82) is 0 Å². The Balaban J connectivity index is 1.94. The van der Waals surface area contributed by atoms with Crippen LogP contribution in [0, 0.1) is 5.41 Å². The van der Waals surface area contributed by atoms with Crippen LogP contribution in [0.3, 0.4) is 0 Å². The number of nitrogens with zero attached hydrogens (tertiary/aromatic N) is 2. The van der Waals surface area contributed by atoms with Crippen LogP contribution < -0.4 is 11.1 Å². The smallest absolute Gasteiger partial charge is 0.202 e. The van der Waals surface area contributed by atoms with Crippen LogP contribution in [0.5, 0.6) is 0 Å². The molecule has 0 bridgehead atoms. The SMILES string of the molecule is Cn1ccnc1NCC1(CN)CCCC1. The highest BCUT2D eigenvalue weighted by atomic mass is 15.2. The molecule has 0 amide bonds. The highest BCUT2D eigenvalue weighted by Crippen LogP contribution is 2.36. The molecule has 4 nitrogen and oxygen atoms in total. The van der Waals surface area contributed by atoms with Gasteiger partial charge < -0.3 is 15.6 Å². The van der Waals surface area contributed by atoms with Crippen LogP contribution in [0.2, 0.25) is 0 Å². The Hall–Kier alpha value is -1.03. The summed E-state index contributed by atoms with van der Waals surface area (Å²) < 4.78 is 2.00. The minimum Gasteiger partial charge on any atom is -0.355 e. The first-order valence-electron chi connectivity index (χ1n) is 5.67. The maximum atomic E-state index is 5.88. The summed E-state index contributed by atoms with van der Waals surface area (Å²) in [7, 11) is 2.00. The molecule has 0 saturated heterocycles. The van der Waals surface area contributed by atoms with E-state index in [0.717, 1.165) is 19.0 Å². The highest BCUT2D eigenvalue weighted by Gasteiger charge is 2.32. The molecular formula is C11H20N4. The monoisotopic (exact) mass is 208 g/mol. The first-order valence-corrected chi connectivity index (χ1v) is 5.67. The summed E-state index contributed by atoms with van der Waals surface area (Å²) in [6.45, 7) is 1.73. The normalized spacial score (nSPS) is 19.3. The van der Waals surface area contributed by atoms with Crippen LogP contribution in [0.1, 0.15) is 25.7 Å². The molecule has 1 fully saturated rings. The van der Waals surface area contributed by atoms with Crippen molar-refractivity contribution >= 4 is 5.95 Å². The Morgan fingerprint density at radius 2 is 2.27 bits per heavy atom. The van der Waals surface area contributed by atoms with Gasteiger partial charge in [0.05, 0.1) is 0 Å². The molecule has 1 heterocycles. The molecule has 0 aliphatic heterocycles. The second-order valence-corrected chi connectivity index (χ2v) is 4.63. The first-order chi connectivity index (χ1) is 7.26. The third-order valence-electron chi connectivity index (χ3n) is 3.54. The zero-order valence-corrected chi connectivity index (χ0v) is 9.37. The second kappa shape index (κ2) is 4.23. The van der Waals surface area contributed by atoms with Crippen molar-refractivity contribution in [2.45, 2.75) is 25.7 Å². The molecule has 0 unspecified atom stereocenters. The van der Waals surface area contributed by atoms with Gasteiger partial charge in [-0.25, -0.2) is 4.98 Å². The molecule has 84 valence electrons. The summed E-state index contributed by atoms with van der Waals surface area (Å²) in [4.78, 5) is 4.25. The number of aromatic nitrogens is 2. The zero-order valence-electron chi connectivity index (χ0n) is 9.37. The second-order valence-electron chi connectivity index (χ2n) is 4.63. The summed E-state index contributed by atoms with van der Waals surface area (Å²) in [6, 6.07) is 0. The molecule has 0 atom stereocenters. The average molecular weight is 208 g/mol. The quantitative estimate of drug-likeness (QED) is 0.785. The Morgan fingerprint density at radius 1 is 1.53 bits per heavy atom. The molecule has 3 N–H and O–H groups in total. The number of anilines is 1. The van der Waals surface area contributed by atoms with E-state index in [1.807, 2.05) is 24.0 Å². The van der Waals surface area contributed by atoms with Gasteiger partial charge in [-0.1, -0.05) is 12.8 Å². The van der Waals surface area contributed by atoms with Crippen molar-refractivity contribution in [2.75, 3.05) is 18.4 Å². The Kier molecular flexibility index (Phi) is 2.95. The van der Waals surface area contributed by atoms with Crippen LogP contribution in [0.15, 0.2) is 12.4 Å². The van der Waals surface area contributed by atoms with Crippen molar-refractivity contribution in [3.8, 4) is 0 Å². The summed E-state index contributed by atoms with van der Waals surface area (Å²) in [5, 5.41) is 3.40. The predicted octanol–water partition coefficient (Wildman–Crippen LogP) is 1.35. The lowest BCUT2D eigenvalue weighted by Crippen LogP contribution is -2.35. The van der Waals surface area contributed by atoms with Gasteiger partial charge in [0.1, 0.15) is 0 Å². The third kappa shape index (κ3) is 2.15. The van der Waals surface area contributed by atoms with Crippen molar-refractivity contribution in [3.63, 3.8) is 0 Å².